The van der Waals surface area contributed by atoms with Crippen LogP contribution >= 0.6 is 0 Å². The van der Waals surface area contributed by atoms with Crippen LogP contribution in [0, 0.1) is 16.7 Å². The maximum Gasteiger partial charge on any atom is 0.224 e. The lowest BCUT2D eigenvalue weighted by atomic mass is 9.63. The van der Waals surface area contributed by atoms with Crippen LogP contribution in [0.5, 0.6) is 0 Å². The van der Waals surface area contributed by atoms with Crippen molar-refractivity contribution in [1.29, 1.82) is 0 Å². The fourth-order valence-corrected chi connectivity index (χ4v) is 4.47. The predicted octanol–water partition coefficient (Wildman–Crippen LogP) is 2.71. The van der Waals surface area contributed by atoms with Crippen LogP contribution in [0.15, 0.2) is 0 Å². The Morgan fingerprint density at radius 3 is 2.21 bits per heavy atom. The summed E-state index contributed by atoms with van der Waals surface area (Å²) in [7, 11) is 0. The van der Waals surface area contributed by atoms with Gasteiger partial charge in [-0.3, -0.25) is 4.79 Å². The molecule has 1 amide bonds. The second kappa shape index (κ2) is 5.08. The Hall–Kier alpha value is -0.570. The molecule has 3 nitrogen and oxygen atoms in total. The summed E-state index contributed by atoms with van der Waals surface area (Å²) in [5.74, 6) is 0.421. The first-order chi connectivity index (χ1) is 8.69. The molecule has 0 aromatic rings. The van der Waals surface area contributed by atoms with Gasteiger partial charge in [0, 0.05) is 12.1 Å². The Morgan fingerprint density at radius 1 is 1.16 bits per heavy atom. The molecule has 1 aliphatic carbocycles. The highest BCUT2D eigenvalue weighted by molar-refractivity contribution is 5.80. The molecule has 0 radical (unpaired) electrons. The van der Waals surface area contributed by atoms with Crippen LogP contribution in [-0.2, 0) is 4.79 Å². The smallest absolute Gasteiger partial charge is 0.224 e. The molecular weight excluding hydrogens is 236 g/mol. The molecule has 2 atom stereocenters. The highest BCUT2D eigenvalue weighted by Gasteiger charge is 2.40. The van der Waals surface area contributed by atoms with Gasteiger partial charge in [0.2, 0.25) is 5.91 Å². The van der Waals surface area contributed by atoms with Gasteiger partial charge in [-0.25, -0.2) is 0 Å². The zero-order valence-electron chi connectivity index (χ0n) is 13.2. The van der Waals surface area contributed by atoms with E-state index in [4.69, 9.17) is 0 Å². The van der Waals surface area contributed by atoms with Crippen LogP contribution in [0.25, 0.3) is 0 Å². The number of rotatable bonds is 2. The molecule has 0 spiro atoms. The highest BCUT2D eigenvalue weighted by Crippen LogP contribution is 2.45. The molecule has 1 aliphatic heterocycles. The third-order valence-corrected chi connectivity index (χ3v) is 4.76. The molecule has 0 bridgehead atoms. The van der Waals surface area contributed by atoms with E-state index in [2.05, 4.69) is 45.3 Å². The number of nitrogens with one attached hydrogen (secondary N) is 2. The van der Waals surface area contributed by atoms with Gasteiger partial charge in [-0.15, -0.1) is 0 Å². The van der Waals surface area contributed by atoms with Crippen molar-refractivity contribution in [2.24, 2.45) is 16.7 Å². The third-order valence-electron chi connectivity index (χ3n) is 4.76. The molecule has 2 fully saturated rings. The van der Waals surface area contributed by atoms with E-state index in [1.54, 1.807) is 0 Å². The zero-order chi connectivity index (χ0) is 14.3. The Balaban J connectivity index is 1.96. The van der Waals surface area contributed by atoms with Crippen LogP contribution in [0.4, 0.5) is 0 Å². The zero-order valence-corrected chi connectivity index (χ0v) is 13.2. The Bertz CT molecular complexity index is 333. The molecule has 2 N–H and O–H groups in total. The van der Waals surface area contributed by atoms with Crippen LogP contribution in [0.1, 0.15) is 60.3 Å². The topological polar surface area (TPSA) is 41.1 Å². The first-order valence-corrected chi connectivity index (χ1v) is 7.72. The number of carbonyl (C=O) groups is 1. The van der Waals surface area contributed by atoms with Gasteiger partial charge in [0.15, 0.2) is 0 Å². The summed E-state index contributed by atoms with van der Waals surface area (Å²) in [6.45, 7) is 12.4. The van der Waals surface area contributed by atoms with Gasteiger partial charge >= 0.3 is 0 Å². The molecule has 1 saturated carbocycles. The Kier molecular flexibility index (Phi) is 3.97. The molecule has 1 saturated heterocycles. The molecule has 2 rings (SSSR count). The quantitative estimate of drug-likeness (QED) is 0.807. The molecule has 0 aromatic carbocycles. The predicted molar refractivity (Wildman–Crippen MR) is 78.9 cm³/mol. The van der Waals surface area contributed by atoms with E-state index < -0.39 is 0 Å². The van der Waals surface area contributed by atoms with Gasteiger partial charge in [-0.2, -0.15) is 0 Å². The third kappa shape index (κ3) is 3.71. The van der Waals surface area contributed by atoms with Crippen molar-refractivity contribution in [1.82, 2.24) is 10.6 Å². The van der Waals surface area contributed by atoms with Crippen molar-refractivity contribution in [3.05, 3.63) is 0 Å². The first-order valence-electron chi connectivity index (χ1n) is 7.72. The molecule has 1 heterocycles. The Morgan fingerprint density at radius 2 is 1.74 bits per heavy atom. The highest BCUT2D eigenvalue weighted by atomic mass is 16.2. The maximum absolute atomic E-state index is 12.4. The van der Waals surface area contributed by atoms with Crippen molar-refractivity contribution < 1.29 is 4.79 Å². The van der Waals surface area contributed by atoms with Crippen molar-refractivity contribution in [3.8, 4) is 0 Å². The van der Waals surface area contributed by atoms with Gasteiger partial charge < -0.3 is 10.6 Å². The summed E-state index contributed by atoms with van der Waals surface area (Å²) in [5.41, 5.74) is 0.665. The first kappa shape index (κ1) is 14.8. The lowest BCUT2D eigenvalue weighted by Gasteiger charge is -2.45. The van der Waals surface area contributed by atoms with Crippen LogP contribution in [0.2, 0.25) is 0 Å². The molecule has 2 aliphatic rings. The molecule has 19 heavy (non-hydrogen) atoms. The van der Waals surface area contributed by atoms with Gasteiger partial charge in [0.1, 0.15) is 0 Å². The van der Waals surface area contributed by atoms with Crippen LogP contribution in [-0.4, -0.2) is 24.5 Å². The summed E-state index contributed by atoms with van der Waals surface area (Å²) in [6.07, 6.45) is 4.44. The van der Waals surface area contributed by atoms with E-state index in [1.165, 1.54) is 6.42 Å². The Labute approximate surface area is 117 Å². The van der Waals surface area contributed by atoms with Crippen LogP contribution < -0.4 is 10.6 Å². The minimum absolute atomic E-state index is 0.160. The number of amides is 1. The fraction of sp³-hybridized carbons (Fsp3) is 0.938. The monoisotopic (exact) mass is 266 g/mol. The molecule has 0 aromatic heterocycles. The minimum atomic E-state index is 0.160. The minimum Gasteiger partial charge on any atom is -0.353 e. The normalized spacial score (nSPS) is 34.2. The summed E-state index contributed by atoms with van der Waals surface area (Å²) in [6, 6.07) is 0.670. The average Bonchev–Trinajstić information content (AvgIpc) is 2.58. The van der Waals surface area contributed by atoms with Crippen molar-refractivity contribution in [3.63, 3.8) is 0 Å². The van der Waals surface area contributed by atoms with E-state index in [1.807, 2.05) is 0 Å². The number of carbonyl (C=O) groups excluding carboxylic acids is 1. The van der Waals surface area contributed by atoms with Gasteiger partial charge in [0.25, 0.3) is 0 Å². The lowest BCUT2D eigenvalue weighted by Crippen LogP contribution is -2.48. The average molecular weight is 266 g/mol. The van der Waals surface area contributed by atoms with Gasteiger partial charge in [-0.1, -0.05) is 27.7 Å². The van der Waals surface area contributed by atoms with E-state index in [-0.39, 0.29) is 11.8 Å². The van der Waals surface area contributed by atoms with Gasteiger partial charge in [-0.05, 0) is 50.0 Å². The number of hydrogen-bond donors (Lipinski definition) is 2. The molecule has 3 heteroatoms. The van der Waals surface area contributed by atoms with E-state index >= 15 is 0 Å². The molecular formula is C16H30N2O. The van der Waals surface area contributed by atoms with E-state index in [0.717, 1.165) is 25.8 Å². The van der Waals surface area contributed by atoms with Crippen molar-refractivity contribution in [2.75, 3.05) is 6.54 Å². The second-order valence-electron chi connectivity index (χ2n) is 8.26. The van der Waals surface area contributed by atoms with Gasteiger partial charge in [0.05, 0.1) is 5.92 Å². The second-order valence-corrected chi connectivity index (χ2v) is 8.26. The largest absolute Gasteiger partial charge is 0.353 e. The fourth-order valence-electron chi connectivity index (χ4n) is 4.47. The van der Waals surface area contributed by atoms with E-state index in [0.29, 0.717) is 22.9 Å². The summed E-state index contributed by atoms with van der Waals surface area (Å²) < 4.78 is 0. The van der Waals surface area contributed by atoms with Crippen molar-refractivity contribution in [2.45, 2.75) is 72.4 Å². The number of hydrogen-bond acceptors (Lipinski definition) is 2. The SMILES string of the molecule is CC1NCCC1C(=O)NC1CC(C)(C)CC(C)(C)C1. The van der Waals surface area contributed by atoms with E-state index in [9.17, 15) is 4.79 Å². The lowest BCUT2D eigenvalue weighted by molar-refractivity contribution is -0.126. The molecule has 110 valence electrons. The summed E-state index contributed by atoms with van der Waals surface area (Å²) in [4.78, 5) is 12.4. The summed E-state index contributed by atoms with van der Waals surface area (Å²) in [5, 5.41) is 6.68. The standard InChI is InChI=1S/C16H30N2O/c1-11-13(6-7-17-11)14(19)18-12-8-15(2,3)10-16(4,5)9-12/h11-13,17H,6-10H2,1-5H3,(H,18,19). The van der Waals surface area contributed by atoms with Crippen molar-refractivity contribution >= 4 is 5.91 Å². The molecule has 2 unspecified atom stereocenters. The maximum atomic E-state index is 12.4. The summed E-state index contributed by atoms with van der Waals surface area (Å²) >= 11 is 0. The van der Waals surface area contributed by atoms with Crippen LogP contribution in [0.3, 0.4) is 0 Å².